The van der Waals surface area contributed by atoms with Crippen LogP contribution in [0.1, 0.15) is 11.1 Å². The van der Waals surface area contributed by atoms with E-state index < -0.39 is 0 Å². The molecule has 0 amide bonds. The van der Waals surface area contributed by atoms with Gasteiger partial charge in [0.2, 0.25) is 0 Å². The Bertz CT molecular complexity index is 558. The summed E-state index contributed by atoms with van der Waals surface area (Å²) in [4.78, 5) is 0. The maximum Gasteiger partial charge on any atom is 0.127 e. The molecule has 2 aromatic rings. The summed E-state index contributed by atoms with van der Waals surface area (Å²) < 4.78 is 18.9. The molecule has 0 atom stereocenters. The predicted octanol–water partition coefficient (Wildman–Crippen LogP) is 2.83. The molecule has 4 heteroatoms. The molecule has 0 radical (unpaired) electrons. The van der Waals surface area contributed by atoms with Crippen LogP contribution in [0.3, 0.4) is 0 Å². The second-order valence-corrected chi connectivity index (χ2v) is 4.28. The number of phenols is 1. The SMILES string of the molecule is CNCc1cc(F)cc(OCc2cccc(O)c2)c1. The number of nitrogens with one attached hydrogen (secondary N) is 1. The zero-order valence-corrected chi connectivity index (χ0v) is 10.7. The molecular formula is C15H16FNO2. The molecule has 0 aliphatic heterocycles. The van der Waals surface area contributed by atoms with Gasteiger partial charge in [-0.05, 0) is 42.4 Å². The maximum absolute atomic E-state index is 13.4. The summed E-state index contributed by atoms with van der Waals surface area (Å²) in [7, 11) is 1.80. The fraction of sp³-hybridized carbons (Fsp3) is 0.200. The van der Waals surface area contributed by atoms with Crippen LogP contribution >= 0.6 is 0 Å². The molecule has 0 aliphatic carbocycles. The van der Waals surface area contributed by atoms with Crippen molar-refractivity contribution in [2.75, 3.05) is 7.05 Å². The summed E-state index contributed by atoms with van der Waals surface area (Å²) in [5.74, 6) is 0.350. The number of hydrogen-bond acceptors (Lipinski definition) is 3. The molecule has 2 N–H and O–H groups in total. The molecule has 0 spiro atoms. The predicted molar refractivity (Wildman–Crippen MR) is 71.6 cm³/mol. The van der Waals surface area contributed by atoms with Gasteiger partial charge in [-0.25, -0.2) is 4.39 Å². The quantitative estimate of drug-likeness (QED) is 0.869. The Morgan fingerprint density at radius 3 is 2.74 bits per heavy atom. The summed E-state index contributed by atoms with van der Waals surface area (Å²) >= 11 is 0. The second kappa shape index (κ2) is 6.20. The summed E-state index contributed by atoms with van der Waals surface area (Å²) in [6.45, 7) is 0.872. The third kappa shape index (κ3) is 3.96. The molecule has 2 aromatic carbocycles. The fourth-order valence-electron chi connectivity index (χ4n) is 1.82. The third-order valence-electron chi connectivity index (χ3n) is 2.63. The van der Waals surface area contributed by atoms with E-state index in [0.717, 1.165) is 11.1 Å². The van der Waals surface area contributed by atoms with Crippen LogP contribution in [-0.4, -0.2) is 12.2 Å². The lowest BCUT2D eigenvalue weighted by atomic mass is 10.2. The molecule has 0 fully saturated rings. The van der Waals surface area contributed by atoms with E-state index >= 15 is 0 Å². The number of hydrogen-bond donors (Lipinski definition) is 2. The van der Waals surface area contributed by atoms with Crippen LogP contribution in [0.2, 0.25) is 0 Å². The molecule has 100 valence electrons. The molecule has 19 heavy (non-hydrogen) atoms. The van der Waals surface area contributed by atoms with Crippen molar-refractivity contribution in [1.29, 1.82) is 0 Å². The molecule has 0 saturated heterocycles. The largest absolute Gasteiger partial charge is 0.508 e. The van der Waals surface area contributed by atoms with Gasteiger partial charge in [0.25, 0.3) is 0 Å². The van der Waals surface area contributed by atoms with Gasteiger partial charge in [0.15, 0.2) is 0 Å². The molecule has 2 rings (SSSR count). The van der Waals surface area contributed by atoms with Crippen LogP contribution in [0.15, 0.2) is 42.5 Å². The van der Waals surface area contributed by atoms with Crippen LogP contribution in [0, 0.1) is 5.82 Å². The Balaban J connectivity index is 2.06. The highest BCUT2D eigenvalue weighted by Gasteiger charge is 2.02. The van der Waals surface area contributed by atoms with E-state index in [4.69, 9.17) is 4.74 Å². The number of rotatable bonds is 5. The zero-order chi connectivity index (χ0) is 13.7. The van der Waals surface area contributed by atoms with Crippen LogP contribution in [-0.2, 0) is 13.2 Å². The minimum Gasteiger partial charge on any atom is -0.508 e. The van der Waals surface area contributed by atoms with Gasteiger partial charge in [-0.2, -0.15) is 0 Å². The van der Waals surface area contributed by atoms with Gasteiger partial charge >= 0.3 is 0 Å². The Labute approximate surface area is 111 Å². The van der Waals surface area contributed by atoms with E-state index in [0.29, 0.717) is 12.3 Å². The van der Waals surface area contributed by atoms with Gasteiger partial charge in [0.05, 0.1) is 0 Å². The van der Waals surface area contributed by atoms with E-state index in [2.05, 4.69) is 5.32 Å². The minimum absolute atomic E-state index is 0.191. The van der Waals surface area contributed by atoms with Crippen LogP contribution in [0.25, 0.3) is 0 Å². The van der Waals surface area contributed by atoms with Crippen molar-refractivity contribution in [3.8, 4) is 11.5 Å². The van der Waals surface area contributed by atoms with Crippen molar-refractivity contribution in [3.05, 3.63) is 59.4 Å². The fourth-order valence-corrected chi connectivity index (χ4v) is 1.82. The Kier molecular flexibility index (Phi) is 4.36. The third-order valence-corrected chi connectivity index (χ3v) is 2.63. The van der Waals surface area contributed by atoms with Crippen molar-refractivity contribution in [2.45, 2.75) is 13.2 Å². The van der Waals surface area contributed by atoms with E-state index in [1.807, 2.05) is 6.07 Å². The van der Waals surface area contributed by atoms with E-state index in [-0.39, 0.29) is 18.2 Å². The lowest BCUT2D eigenvalue weighted by Crippen LogP contribution is -2.06. The van der Waals surface area contributed by atoms with E-state index in [9.17, 15) is 9.50 Å². The van der Waals surface area contributed by atoms with Gasteiger partial charge in [-0.1, -0.05) is 12.1 Å². The molecule has 0 aliphatic rings. The lowest BCUT2D eigenvalue weighted by Gasteiger charge is -2.09. The first-order valence-corrected chi connectivity index (χ1v) is 6.02. The van der Waals surface area contributed by atoms with Gasteiger partial charge in [-0.15, -0.1) is 0 Å². The van der Waals surface area contributed by atoms with Crippen molar-refractivity contribution in [2.24, 2.45) is 0 Å². The van der Waals surface area contributed by atoms with Gasteiger partial charge in [0, 0.05) is 12.6 Å². The van der Waals surface area contributed by atoms with Crippen LogP contribution < -0.4 is 10.1 Å². The topological polar surface area (TPSA) is 41.5 Å². The Morgan fingerprint density at radius 1 is 1.16 bits per heavy atom. The lowest BCUT2D eigenvalue weighted by molar-refractivity contribution is 0.303. The van der Waals surface area contributed by atoms with Gasteiger partial charge < -0.3 is 15.2 Å². The molecule has 0 aromatic heterocycles. The number of halogens is 1. The first-order chi connectivity index (χ1) is 9.17. The Morgan fingerprint density at radius 2 is 2.00 bits per heavy atom. The highest BCUT2D eigenvalue weighted by atomic mass is 19.1. The molecule has 0 saturated carbocycles. The molecule has 0 unspecified atom stereocenters. The first kappa shape index (κ1) is 13.4. The van der Waals surface area contributed by atoms with E-state index in [1.54, 1.807) is 31.3 Å². The smallest absolute Gasteiger partial charge is 0.127 e. The minimum atomic E-state index is -0.321. The van der Waals surface area contributed by atoms with Crippen molar-refractivity contribution in [1.82, 2.24) is 5.32 Å². The van der Waals surface area contributed by atoms with Crippen LogP contribution in [0.4, 0.5) is 4.39 Å². The van der Waals surface area contributed by atoms with Crippen molar-refractivity contribution in [3.63, 3.8) is 0 Å². The van der Waals surface area contributed by atoms with Crippen molar-refractivity contribution < 1.29 is 14.2 Å². The Hall–Kier alpha value is -2.07. The summed E-state index contributed by atoms with van der Waals surface area (Å²) in [5.41, 5.74) is 1.66. The number of phenolic OH excluding ortho intramolecular Hbond substituents is 1. The number of ether oxygens (including phenoxy) is 1. The molecule has 0 heterocycles. The average molecular weight is 261 g/mol. The maximum atomic E-state index is 13.4. The van der Waals surface area contributed by atoms with E-state index in [1.165, 1.54) is 12.1 Å². The molecule has 3 nitrogen and oxygen atoms in total. The standard InChI is InChI=1S/C15H16FNO2/c1-17-9-12-5-13(16)8-15(7-12)19-10-11-3-2-4-14(18)6-11/h2-8,17-18H,9-10H2,1H3. The highest BCUT2D eigenvalue weighted by molar-refractivity contribution is 5.31. The number of aromatic hydroxyl groups is 1. The van der Waals surface area contributed by atoms with Crippen molar-refractivity contribution >= 4 is 0 Å². The van der Waals surface area contributed by atoms with Gasteiger partial charge in [-0.3, -0.25) is 0 Å². The number of benzene rings is 2. The summed E-state index contributed by atoms with van der Waals surface area (Å²) in [6, 6.07) is 11.4. The van der Waals surface area contributed by atoms with Crippen LogP contribution in [0.5, 0.6) is 11.5 Å². The average Bonchev–Trinajstić information content (AvgIpc) is 2.36. The normalized spacial score (nSPS) is 10.4. The highest BCUT2D eigenvalue weighted by Crippen LogP contribution is 2.19. The monoisotopic (exact) mass is 261 g/mol. The summed E-state index contributed by atoms with van der Waals surface area (Å²) in [5, 5.41) is 12.3. The van der Waals surface area contributed by atoms with Gasteiger partial charge in [0.1, 0.15) is 23.9 Å². The first-order valence-electron chi connectivity index (χ1n) is 6.02. The zero-order valence-electron chi connectivity index (χ0n) is 10.7. The second-order valence-electron chi connectivity index (χ2n) is 4.28. The molecule has 0 bridgehead atoms. The summed E-state index contributed by atoms with van der Waals surface area (Å²) in [6.07, 6.45) is 0. The molecular weight excluding hydrogens is 245 g/mol.